The van der Waals surface area contributed by atoms with E-state index in [1.807, 2.05) is 37.3 Å². The second-order valence-corrected chi connectivity index (χ2v) is 6.74. The lowest BCUT2D eigenvalue weighted by molar-refractivity contribution is 0.421. The molecule has 0 atom stereocenters. The molecule has 1 aromatic rings. The topological polar surface area (TPSA) is 49.4 Å². The van der Waals surface area contributed by atoms with Gasteiger partial charge in [-0.3, -0.25) is 0 Å². The molecule has 20 heavy (non-hydrogen) atoms. The summed E-state index contributed by atoms with van der Waals surface area (Å²) in [6.45, 7) is 8.47. The van der Waals surface area contributed by atoms with Crippen molar-refractivity contribution in [2.24, 2.45) is 0 Å². The average molecular weight is 296 g/mol. The number of benzene rings is 1. The zero-order chi connectivity index (χ0) is 15.0. The molecule has 0 aliphatic carbocycles. The zero-order valence-corrected chi connectivity index (χ0v) is 13.1. The van der Waals surface area contributed by atoms with E-state index in [2.05, 4.69) is 11.9 Å². The molecular weight excluding hydrogens is 272 g/mol. The summed E-state index contributed by atoms with van der Waals surface area (Å²) in [5.41, 5.74) is 2.17. The lowest BCUT2D eigenvalue weighted by Gasteiger charge is -2.17. The first kappa shape index (κ1) is 16.9. The Balaban J connectivity index is 2.24. The molecule has 0 aromatic heterocycles. The van der Waals surface area contributed by atoms with Crippen molar-refractivity contribution < 1.29 is 8.42 Å². The van der Waals surface area contributed by atoms with Gasteiger partial charge in [-0.2, -0.15) is 0 Å². The molecule has 0 unspecified atom stereocenters. The van der Waals surface area contributed by atoms with Gasteiger partial charge in [0, 0.05) is 19.6 Å². The van der Waals surface area contributed by atoms with E-state index in [4.69, 9.17) is 0 Å². The minimum atomic E-state index is -3.07. The van der Waals surface area contributed by atoms with Crippen molar-refractivity contribution in [3.63, 3.8) is 0 Å². The highest BCUT2D eigenvalue weighted by molar-refractivity contribution is 7.88. The molecule has 0 heterocycles. The predicted molar refractivity (Wildman–Crippen MR) is 85.1 cm³/mol. The van der Waals surface area contributed by atoms with Crippen molar-refractivity contribution in [3.05, 3.63) is 42.5 Å². The number of nitrogens with zero attached hydrogens (tertiary/aromatic N) is 1. The Morgan fingerprint density at radius 2 is 1.95 bits per heavy atom. The van der Waals surface area contributed by atoms with E-state index in [1.165, 1.54) is 10.6 Å². The van der Waals surface area contributed by atoms with Crippen LogP contribution in [0.1, 0.15) is 18.9 Å². The lowest BCUT2D eigenvalue weighted by Crippen LogP contribution is -2.32. The monoisotopic (exact) mass is 296 g/mol. The molecule has 0 spiro atoms. The van der Waals surface area contributed by atoms with Crippen LogP contribution in [0.2, 0.25) is 0 Å². The van der Waals surface area contributed by atoms with Gasteiger partial charge in [0.15, 0.2) is 0 Å². The van der Waals surface area contributed by atoms with Crippen molar-refractivity contribution in [2.45, 2.75) is 13.3 Å². The molecule has 4 nitrogen and oxygen atoms in total. The van der Waals surface area contributed by atoms with E-state index in [1.54, 1.807) is 0 Å². The zero-order valence-electron chi connectivity index (χ0n) is 12.3. The normalized spacial score (nSPS) is 11.8. The second-order valence-electron chi connectivity index (χ2n) is 4.75. The highest BCUT2D eigenvalue weighted by Gasteiger charge is 2.12. The third kappa shape index (κ3) is 5.86. The fraction of sp³-hybridized carbons (Fsp3) is 0.467. The lowest BCUT2D eigenvalue weighted by atomic mass is 10.1. The summed E-state index contributed by atoms with van der Waals surface area (Å²) in [5.74, 6) is 0. The number of rotatable bonds is 9. The van der Waals surface area contributed by atoms with Gasteiger partial charge in [0.2, 0.25) is 10.0 Å². The van der Waals surface area contributed by atoms with Crippen LogP contribution in [-0.4, -0.2) is 45.2 Å². The smallest absolute Gasteiger partial charge is 0.211 e. The second kappa shape index (κ2) is 8.19. The molecular formula is C15H24N2O2S. The van der Waals surface area contributed by atoms with Crippen LogP contribution in [0.5, 0.6) is 0 Å². The molecule has 0 radical (unpaired) electrons. The molecule has 1 aromatic carbocycles. The fourth-order valence-corrected chi connectivity index (χ4v) is 2.88. The van der Waals surface area contributed by atoms with Crippen LogP contribution in [0, 0.1) is 0 Å². The van der Waals surface area contributed by atoms with Gasteiger partial charge in [-0.15, -0.1) is 0 Å². The minimum absolute atomic E-state index is 0.523. The Kier molecular flexibility index (Phi) is 6.91. The first-order valence-corrected chi connectivity index (χ1v) is 8.69. The summed E-state index contributed by atoms with van der Waals surface area (Å²) in [5, 5.41) is 3.29. The maximum Gasteiger partial charge on any atom is 0.211 e. The summed E-state index contributed by atoms with van der Waals surface area (Å²) < 4.78 is 24.3. The summed E-state index contributed by atoms with van der Waals surface area (Å²) in [6.07, 6.45) is 2.05. The predicted octanol–water partition coefficient (Wildman–Crippen LogP) is 1.96. The van der Waals surface area contributed by atoms with Crippen LogP contribution in [0.25, 0.3) is 5.57 Å². The Morgan fingerprint density at radius 3 is 2.50 bits per heavy atom. The summed E-state index contributed by atoms with van der Waals surface area (Å²) in [7, 11) is -3.07. The summed E-state index contributed by atoms with van der Waals surface area (Å²) in [4.78, 5) is 0. The molecule has 0 fully saturated rings. The first-order chi connectivity index (χ1) is 9.45. The van der Waals surface area contributed by atoms with E-state index in [0.29, 0.717) is 13.1 Å². The van der Waals surface area contributed by atoms with Gasteiger partial charge in [0.1, 0.15) is 0 Å². The molecule has 0 aliphatic heterocycles. The number of sulfonamides is 1. The maximum absolute atomic E-state index is 11.4. The minimum Gasteiger partial charge on any atom is -0.313 e. The van der Waals surface area contributed by atoms with Crippen molar-refractivity contribution >= 4 is 15.6 Å². The first-order valence-electron chi connectivity index (χ1n) is 6.84. The molecule has 112 valence electrons. The molecule has 0 saturated carbocycles. The molecule has 0 aliphatic rings. The molecule has 0 bridgehead atoms. The van der Waals surface area contributed by atoms with Crippen molar-refractivity contribution in [3.8, 4) is 0 Å². The Morgan fingerprint density at radius 1 is 1.30 bits per heavy atom. The molecule has 1 rings (SSSR count). The number of nitrogens with one attached hydrogen (secondary N) is 1. The van der Waals surface area contributed by atoms with Gasteiger partial charge in [-0.05, 0) is 24.1 Å². The Labute approximate surface area is 122 Å². The van der Waals surface area contributed by atoms with Crippen molar-refractivity contribution in [1.82, 2.24) is 9.62 Å². The summed E-state index contributed by atoms with van der Waals surface area (Å²) >= 11 is 0. The van der Waals surface area contributed by atoms with Gasteiger partial charge in [0.25, 0.3) is 0 Å². The maximum atomic E-state index is 11.4. The van der Waals surface area contributed by atoms with Crippen LogP contribution in [-0.2, 0) is 10.0 Å². The van der Waals surface area contributed by atoms with Crippen LogP contribution in [0.4, 0.5) is 0 Å². The van der Waals surface area contributed by atoms with E-state index in [9.17, 15) is 8.42 Å². The van der Waals surface area contributed by atoms with Gasteiger partial charge in [-0.25, -0.2) is 12.7 Å². The quantitative estimate of drug-likeness (QED) is 0.709. The van der Waals surface area contributed by atoms with Crippen molar-refractivity contribution in [2.75, 3.05) is 32.4 Å². The largest absolute Gasteiger partial charge is 0.313 e. The Bertz CT molecular complexity index is 512. The van der Waals surface area contributed by atoms with Crippen molar-refractivity contribution in [1.29, 1.82) is 0 Å². The SMILES string of the molecule is C=C(CNCCCN(CC)S(C)(=O)=O)c1ccccc1. The van der Waals surface area contributed by atoms with Gasteiger partial charge in [0.05, 0.1) is 6.26 Å². The summed E-state index contributed by atoms with van der Waals surface area (Å²) in [6, 6.07) is 10.0. The standard InChI is InChI=1S/C15H24N2O2S/c1-4-17(20(3,18)19)12-8-11-16-13-14(2)15-9-6-5-7-10-15/h5-7,9-10,16H,2,4,8,11-13H2,1,3H3. The van der Waals surface area contributed by atoms with Gasteiger partial charge in [-0.1, -0.05) is 43.8 Å². The molecule has 0 saturated heterocycles. The average Bonchev–Trinajstić information content (AvgIpc) is 2.42. The third-order valence-corrected chi connectivity index (χ3v) is 4.48. The van der Waals surface area contributed by atoms with E-state index < -0.39 is 10.0 Å². The third-order valence-electron chi connectivity index (χ3n) is 3.10. The van der Waals surface area contributed by atoms with Crippen LogP contribution < -0.4 is 5.32 Å². The highest BCUT2D eigenvalue weighted by atomic mass is 32.2. The van der Waals surface area contributed by atoms with Gasteiger partial charge < -0.3 is 5.32 Å². The molecule has 1 N–H and O–H groups in total. The van der Waals surface area contributed by atoms with Crippen LogP contribution in [0.15, 0.2) is 36.9 Å². The number of hydrogen-bond donors (Lipinski definition) is 1. The van der Waals surface area contributed by atoms with Crippen LogP contribution >= 0.6 is 0 Å². The molecule has 0 amide bonds. The number of hydrogen-bond acceptors (Lipinski definition) is 3. The van der Waals surface area contributed by atoms with E-state index in [0.717, 1.165) is 30.6 Å². The van der Waals surface area contributed by atoms with Crippen LogP contribution in [0.3, 0.4) is 0 Å². The molecule has 5 heteroatoms. The van der Waals surface area contributed by atoms with E-state index >= 15 is 0 Å². The Hall–Kier alpha value is -1.17. The van der Waals surface area contributed by atoms with E-state index in [-0.39, 0.29) is 0 Å². The fourth-order valence-electron chi connectivity index (χ4n) is 1.95. The highest BCUT2D eigenvalue weighted by Crippen LogP contribution is 2.09. The van der Waals surface area contributed by atoms with Gasteiger partial charge >= 0.3 is 0 Å².